The second kappa shape index (κ2) is 10.1. The van der Waals surface area contributed by atoms with Gasteiger partial charge in [-0.05, 0) is 67.4 Å². The minimum Gasteiger partial charge on any atom is -0.438 e. The maximum atomic E-state index is 13.4. The number of nitrogens with two attached hydrogens (primary N) is 1. The average molecular weight is 509 g/mol. The molecule has 4 rings (SSSR count). The SMILES string of the molecule is CNc1nccc(-c2cccnc2Oc2ccc(NC(=O)c3ccc(C)c(C(F)(F)F)c3N)cc2C)n1. The number of aryl methyl sites for hydroxylation is 2. The quantitative estimate of drug-likeness (QED) is 0.280. The molecule has 0 aliphatic carbocycles. The zero-order chi connectivity index (χ0) is 26.7. The van der Waals surface area contributed by atoms with Crippen molar-refractivity contribution in [2.24, 2.45) is 0 Å². The van der Waals surface area contributed by atoms with Crippen molar-refractivity contribution in [1.29, 1.82) is 0 Å². The van der Waals surface area contributed by atoms with E-state index in [0.717, 1.165) is 0 Å². The van der Waals surface area contributed by atoms with Crippen molar-refractivity contribution in [2.75, 3.05) is 23.4 Å². The van der Waals surface area contributed by atoms with E-state index in [-0.39, 0.29) is 11.1 Å². The lowest BCUT2D eigenvalue weighted by Gasteiger charge is -2.17. The lowest BCUT2D eigenvalue weighted by molar-refractivity contribution is -0.137. The lowest BCUT2D eigenvalue weighted by atomic mass is 10.0. The summed E-state index contributed by atoms with van der Waals surface area (Å²) in [5.74, 6) is 0.470. The highest BCUT2D eigenvalue weighted by molar-refractivity contribution is 6.08. The van der Waals surface area contributed by atoms with Crippen molar-refractivity contribution in [3.8, 4) is 22.9 Å². The van der Waals surface area contributed by atoms with Crippen molar-refractivity contribution >= 4 is 23.2 Å². The number of nitrogens with zero attached hydrogens (tertiary/aromatic N) is 3. The number of nitrogen functional groups attached to an aromatic ring is 1. The van der Waals surface area contributed by atoms with Crippen LogP contribution in [0.4, 0.5) is 30.5 Å². The van der Waals surface area contributed by atoms with Crippen molar-refractivity contribution in [2.45, 2.75) is 20.0 Å². The molecule has 2 aromatic heterocycles. The van der Waals surface area contributed by atoms with Gasteiger partial charge in [-0.1, -0.05) is 6.07 Å². The van der Waals surface area contributed by atoms with Gasteiger partial charge < -0.3 is 21.1 Å². The number of carbonyl (C=O) groups excluding carboxylic acids is 1. The number of rotatable bonds is 6. The molecule has 11 heteroatoms. The zero-order valence-electron chi connectivity index (χ0n) is 20.1. The fourth-order valence-corrected chi connectivity index (χ4v) is 3.74. The summed E-state index contributed by atoms with van der Waals surface area (Å²) in [5.41, 5.74) is 6.04. The minimum absolute atomic E-state index is 0.0584. The molecule has 0 unspecified atom stereocenters. The molecular formula is C26H23F3N6O2. The third-order valence-electron chi connectivity index (χ3n) is 5.55. The Hall–Kier alpha value is -4.67. The summed E-state index contributed by atoms with van der Waals surface area (Å²) in [7, 11) is 1.71. The molecule has 0 saturated carbocycles. The Morgan fingerprint density at radius 1 is 1.00 bits per heavy atom. The van der Waals surface area contributed by atoms with E-state index in [0.29, 0.717) is 40.1 Å². The number of alkyl halides is 3. The van der Waals surface area contributed by atoms with E-state index in [1.54, 1.807) is 56.7 Å². The number of pyridine rings is 1. The van der Waals surface area contributed by atoms with Crippen LogP contribution in [-0.2, 0) is 6.18 Å². The Kier molecular flexibility index (Phi) is 6.96. The Labute approximate surface area is 210 Å². The lowest BCUT2D eigenvalue weighted by Crippen LogP contribution is -2.19. The molecule has 0 aliphatic heterocycles. The van der Waals surface area contributed by atoms with Crippen molar-refractivity contribution in [3.63, 3.8) is 0 Å². The summed E-state index contributed by atoms with van der Waals surface area (Å²) < 4.78 is 46.2. The first-order valence-corrected chi connectivity index (χ1v) is 11.1. The predicted octanol–water partition coefficient (Wildman–Crippen LogP) is 5.84. The normalized spacial score (nSPS) is 11.2. The first-order valence-electron chi connectivity index (χ1n) is 11.1. The molecule has 0 fully saturated rings. The van der Waals surface area contributed by atoms with Gasteiger partial charge in [0.05, 0.1) is 28.1 Å². The van der Waals surface area contributed by atoms with Crippen LogP contribution >= 0.6 is 0 Å². The Balaban J connectivity index is 1.57. The van der Waals surface area contributed by atoms with Crippen molar-refractivity contribution in [3.05, 3.63) is 83.2 Å². The Morgan fingerprint density at radius 2 is 1.78 bits per heavy atom. The summed E-state index contributed by atoms with van der Waals surface area (Å²) in [5, 5.41) is 5.48. The summed E-state index contributed by atoms with van der Waals surface area (Å²) >= 11 is 0. The molecule has 0 radical (unpaired) electrons. The predicted molar refractivity (Wildman–Crippen MR) is 135 cm³/mol. The third-order valence-corrected chi connectivity index (χ3v) is 5.55. The summed E-state index contributed by atoms with van der Waals surface area (Å²) in [6.45, 7) is 3.06. The van der Waals surface area contributed by atoms with Crippen LogP contribution in [0.1, 0.15) is 27.0 Å². The Morgan fingerprint density at radius 3 is 2.49 bits per heavy atom. The molecular weight excluding hydrogens is 485 g/mol. The monoisotopic (exact) mass is 508 g/mol. The fourth-order valence-electron chi connectivity index (χ4n) is 3.74. The average Bonchev–Trinajstić information content (AvgIpc) is 2.85. The zero-order valence-corrected chi connectivity index (χ0v) is 20.1. The van der Waals surface area contributed by atoms with Gasteiger partial charge in [-0.25, -0.2) is 15.0 Å². The number of benzene rings is 2. The van der Waals surface area contributed by atoms with Crippen LogP contribution in [0.2, 0.25) is 0 Å². The molecule has 4 N–H and O–H groups in total. The van der Waals surface area contributed by atoms with E-state index in [1.807, 2.05) is 6.07 Å². The van der Waals surface area contributed by atoms with Crippen LogP contribution in [-0.4, -0.2) is 27.9 Å². The highest BCUT2D eigenvalue weighted by Crippen LogP contribution is 2.38. The highest BCUT2D eigenvalue weighted by atomic mass is 19.4. The molecule has 190 valence electrons. The summed E-state index contributed by atoms with van der Waals surface area (Å²) in [6.07, 6.45) is -1.47. The first-order chi connectivity index (χ1) is 17.6. The number of halogens is 3. The van der Waals surface area contributed by atoms with E-state index in [1.165, 1.54) is 19.1 Å². The van der Waals surface area contributed by atoms with E-state index in [2.05, 4.69) is 25.6 Å². The van der Waals surface area contributed by atoms with Crippen LogP contribution in [0.25, 0.3) is 11.3 Å². The molecule has 4 aromatic rings. The van der Waals surface area contributed by atoms with Gasteiger partial charge in [0.1, 0.15) is 5.75 Å². The summed E-state index contributed by atoms with van der Waals surface area (Å²) in [4.78, 5) is 25.6. The maximum Gasteiger partial charge on any atom is 0.418 e. The van der Waals surface area contributed by atoms with Gasteiger partial charge in [0.15, 0.2) is 0 Å². The van der Waals surface area contributed by atoms with Gasteiger partial charge in [-0.15, -0.1) is 0 Å². The van der Waals surface area contributed by atoms with Gasteiger partial charge in [0.2, 0.25) is 11.8 Å². The molecule has 1 amide bonds. The van der Waals surface area contributed by atoms with Gasteiger partial charge >= 0.3 is 6.18 Å². The van der Waals surface area contributed by atoms with Gasteiger partial charge in [0.25, 0.3) is 5.91 Å². The molecule has 0 aliphatic rings. The highest BCUT2D eigenvalue weighted by Gasteiger charge is 2.36. The minimum atomic E-state index is -4.68. The second-order valence-electron chi connectivity index (χ2n) is 8.12. The number of ether oxygens (including phenoxy) is 1. The fraction of sp³-hybridized carbons (Fsp3) is 0.154. The number of carbonyl (C=O) groups is 1. The molecule has 8 nitrogen and oxygen atoms in total. The maximum absolute atomic E-state index is 13.4. The largest absolute Gasteiger partial charge is 0.438 e. The smallest absolute Gasteiger partial charge is 0.418 e. The first kappa shape index (κ1) is 25.4. The molecule has 37 heavy (non-hydrogen) atoms. The van der Waals surface area contributed by atoms with E-state index in [9.17, 15) is 18.0 Å². The Bertz CT molecular complexity index is 1470. The van der Waals surface area contributed by atoms with Crippen LogP contribution in [0.3, 0.4) is 0 Å². The molecule has 0 saturated heterocycles. The van der Waals surface area contributed by atoms with E-state index in [4.69, 9.17) is 10.5 Å². The number of amides is 1. The summed E-state index contributed by atoms with van der Waals surface area (Å²) in [6, 6.07) is 12.6. The van der Waals surface area contributed by atoms with Crippen LogP contribution in [0, 0.1) is 13.8 Å². The second-order valence-corrected chi connectivity index (χ2v) is 8.12. The molecule has 2 heterocycles. The van der Waals surface area contributed by atoms with Gasteiger partial charge in [-0.3, -0.25) is 4.79 Å². The standard InChI is InChI=1S/C26H23F3N6O2/c1-14-6-8-18(22(30)21(14)26(27,28)29)23(36)34-16-7-9-20(15(2)13-16)37-24-17(5-4-11-32-24)19-10-12-33-25(31-3)35-19/h4-13H,30H2,1-3H3,(H,34,36)(H,31,33,35). The number of hydrogen-bond acceptors (Lipinski definition) is 7. The van der Waals surface area contributed by atoms with Crippen molar-refractivity contribution < 1.29 is 22.7 Å². The van der Waals surface area contributed by atoms with Crippen molar-refractivity contribution in [1.82, 2.24) is 15.0 Å². The number of nitrogens with one attached hydrogen (secondary N) is 2. The molecule has 0 bridgehead atoms. The van der Waals surface area contributed by atoms with Crippen LogP contribution < -0.4 is 21.1 Å². The van der Waals surface area contributed by atoms with Crippen LogP contribution in [0.15, 0.2) is 60.9 Å². The number of aromatic nitrogens is 3. The number of hydrogen-bond donors (Lipinski definition) is 3. The third kappa shape index (κ3) is 5.45. The van der Waals surface area contributed by atoms with Gasteiger partial charge in [-0.2, -0.15) is 13.2 Å². The number of anilines is 3. The molecule has 0 atom stereocenters. The topological polar surface area (TPSA) is 115 Å². The van der Waals surface area contributed by atoms with E-state index >= 15 is 0 Å². The molecule has 2 aromatic carbocycles. The van der Waals surface area contributed by atoms with Crippen LogP contribution in [0.5, 0.6) is 11.6 Å². The molecule has 0 spiro atoms. The van der Waals surface area contributed by atoms with E-state index < -0.39 is 23.3 Å². The van der Waals surface area contributed by atoms with Gasteiger partial charge in [0, 0.05) is 25.1 Å².